The van der Waals surface area contributed by atoms with Gasteiger partial charge in [0.1, 0.15) is 6.10 Å². The lowest BCUT2D eigenvalue weighted by atomic mass is 10.1. The molecule has 0 fully saturated rings. The normalized spacial score (nSPS) is 12.7. The molecule has 0 N–H and O–H groups in total. The van der Waals surface area contributed by atoms with Gasteiger partial charge < -0.3 is 0 Å². The maximum Gasteiger partial charge on any atom is 0.115 e. The molecular weight excluding hydrogens is 188 g/mol. The third-order valence-corrected chi connectivity index (χ3v) is 2.42. The summed E-state index contributed by atoms with van der Waals surface area (Å²) in [6.45, 7) is 6.90. The van der Waals surface area contributed by atoms with Crippen molar-refractivity contribution in [2.75, 3.05) is 6.61 Å². The fraction of sp³-hybridized carbons (Fsp3) is 0.538. The molecule has 0 aliphatic heterocycles. The summed E-state index contributed by atoms with van der Waals surface area (Å²) < 4.78 is 0. The summed E-state index contributed by atoms with van der Waals surface area (Å²) in [4.78, 5) is 10.5. The van der Waals surface area contributed by atoms with Gasteiger partial charge in [-0.2, -0.15) is 0 Å². The molecule has 0 aliphatic rings. The van der Waals surface area contributed by atoms with E-state index in [4.69, 9.17) is 9.78 Å². The molecule has 0 aromatic heterocycles. The molecule has 0 saturated carbocycles. The van der Waals surface area contributed by atoms with Crippen LogP contribution in [0.15, 0.2) is 24.3 Å². The van der Waals surface area contributed by atoms with Crippen LogP contribution in [0.5, 0.6) is 0 Å². The Morgan fingerprint density at radius 2 is 2.00 bits per heavy atom. The molecule has 0 saturated heterocycles. The van der Waals surface area contributed by atoms with E-state index in [-0.39, 0.29) is 6.10 Å². The van der Waals surface area contributed by atoms with Crippen LogP contribution in [0.1, 0.15) is 43.9 Å². The Labute approximate surface area is 92.1 Å². The van der Waals surface area contributed by atoms with Crippen molar-refractivity contribution in [3.8, 4) is 0 Å². The Balaban J connectivity index is 2.40. The molecule has 2 nitrogen and oxygen atoms in total. The maximum atomic E-state index is 5.31. The summed E-state index contributed by atoms with van der Waals surface area (Å²) in [5.41, 5.74) is 2.43. The van der Waals surface area contributed by atoms with Crippen molar-refractivity contribution in [2.45, 2.75) is 39.7 Å². The molecule has 1 unspecified atom stereocenters. The van der Waals surface area contributed by atoms with Crippen LogP contribution in [0, 0.1) is 6.92 Å². The molecule has 0 heterocycles. The molecule has 0 aliphatic carbocycles. The largest absolute Gasteiger partial charge is 0.236 e. The second-order valence-corrected chi connectivity index (χ2v) is 3.77. The fourth-order valence-corrected chi connectivity index (χ4v) is 1.45. The Morgan fingerprint density at radius 3 is 2.67 bits per heavy atom. The van der Waals surface area contributed by atoms with Crippen LogP contribution in [0.3, 0.4) is 0 Å². The van der Waals surface area contributed by atoms with Gasteiger partial charge in [0.15, 0.2) is 0 Å². The van der Waals surface area contributed by atoms with Gasteiger partial charge in [-0.3, -0.25) is 0 Å². The van der Waals surface area contributed by atoms with Crippen molar-refractivity contribution >= 4 is 0 Å². The predicted molar refractivity (Wildman–Crippen MR) is 61.5 cm³/mol. The second-order valence-electron chi connectivity index (χ2n) is 3.77. The summed E-state index contributed by atoms with van der Waals surface area (Å²) in [6.07, 6.45) is 2.17. The summed E-state index contributed by atoms with van der Waals surface area (Å²) in [6, 6.07) is 8.21. The van der Waals surface area contributed by atoms with Crippen LogP contribution in [0.25, 0.3) is 0 Å². The van der Waals surface area contributed by atoms with E-state index in [1.165, 1.54) is 11.1 Å². The van der Waals surface area contributed by atoms with E-state index in [0.717, 1.165) is 12.8 Å². The Kier molecular flexibility index (Phi) is 5.37. The number of hydrogen-bond donors (Lipinski definition) is 0. The van der Waals surface area contributed by atoms with E-state index in [1.54, 1.807) is 0 Å². The predicted octanol–water partition coefficient (Wildman–Crippen LogP) is 3.80. The highest BCUT2D eigenvalue weighted by molar-refractivity contribution is 5.27. The van der Waals surface area contributed by atoms with Crippen molar-refractivity contribution in [3.63, 3.8) is 0 Å². The number of aryl methyl sites for hydroxylation is 1. The molecule has 0 radical (unpaired) electrons. The third kappa shape index (κ3) is 4.02. The van der Waals surface area contributed by atoms with Gasteiger partial charge in [-0.25, -0.2) is 9.78 Å². The second kappa shape index (κ2) is 6.59. The van der Waals surface area contributed by atoms with E-state index in [9.17, 15) is 0 Å². The highest BCUT2D eigenvalue weighted by atomic mass is 17.2. The van der Waals surface area contributed by atoms with E-state index >= 15 is 0 Å². The summed E-state index contributed by atoms with van der Waals surface area (Å²) in [5.74, 6) is 0. The van der Waals surface area contributed by atoms with Gasteiger partial charge >= 0.3 is 0 Å². The van der Waals surface area contributed by atoms with Gasteiger partial charge in [-0.1, -0.05) is 37.6 Å². The minimum Gasteiger partial charge on any atom is -0.236 e. The van der Waals surface area contributed by atoms with E-state index in [0.29, 0.717) is 6.61 Å². The van der Waals surface area contributed by atoms with E-state index in [2.05, 4.69) is 26.0 Å². The minimum absolute atomic E-state index is 0.00283. The lowest BCUT2D eigenvalue weighted by Crippen LogP contribution is -2.04. The zero-order chi connectivity index (χ0) is 11.1. The third-order valence-electron chi connectivity index (χ3n) is 2.42. The molecule has 0 bridgehead atoms. The molecule has 0 spiro atoms. The standard InChI is InChI=1S/C13H20O2/c1-4-5-10-14-15-12(3)13-9-7-6-8-11(13)2/h6-9,12H,4-5,10H2,1-3H3. The Morgan fingerprint density at radius 1 is 1.27 bits per heavy atom. The molecule has 1 atom stereocenters. The first-order chi connectivity index (χ1) is 7.25. The zero-order valence-corrected chi connectivity index (χ0v) is 9.82. The highest BCUT2D eigenvalue weighted by Gasteiger charge is 2.08. The van der Waals surface area contributed by atoms with Crippen molar-refractivity contribution < 1.29 is 9.78 Å². The van der Waals surface area contributed by atoms with Crippen LogP contribution in [-0.4, -0.2) is 6.61 Å². The zero-order valence-electron chi connectivity index (χ0n) is 9.82. The quantitative estimate of drug-likeness (QED) is 0.402. The molecule has 1 rings (SSSR count). The molecule has 1 aromatic carbocycles. The van der Waals surface area contributed by atoms with Crippen LogP contribution in [-0.2, 0) is 9.78 Å². The number of benzene rings is 1. The molecular formula is C13H20O2. The average Bonchev–Trinajstić information content (AvgIpc) is 2.25. The maximum absolute atomic E-state index is 5.31. The van der Waals surface area contributed by atoms with Gasteiger partial charge in [0, 0.05) is 0 Å². The topological polar surface area (TPSA) is 18.5 Å². The minimum atomic E-state index is 0.00283. The van der Waals surface area contributed by atoms with E-state index < -0.39 is 0 Å². The van der Waals surface area contributed by atoms with Crippen molar-refractivity contribution in [3.05, 3.63) is 35.4 Å². The SMILES string of the molecule is CCCCOOC(C)c1ccccc1C. The molecule has 84 valence electrons. The van der Waals surface area contributed by atoms with Crippen LogP contribution >= 0.6 is 0 Å². The first kappa shape index (κ1) is 12.2. The van der Waals surface area contributed by atoms with Gasteiger partial charge in [-0.15, -0.1) is 0 Å². The lowest BCUT2D eigenvalue weighted by Gasteiger charge is -2.14. The van der Waals surface area contributed by atoms with Crippen molar-refractivity contribution in [1.82, 2.24) is 0 Å². The fourth-order valence-electron chi connectivity index (χ4n) is 1.45. The smallest absolute Gasteiger partial charge is 0.115 e. The van der Waals surface area contributed by atoms with Crippen LogP contribution in [0.2, 0.25) is 0 Å². The number of unbranched alkanes of at least 4 members (excludes halogenated alkanes) is 1. The summed E-state index contributed by atoms with van der Waals surface area (Å²) in [7, 11) is 0. The Hall–Kier alpha value is -0.860. The highest BCUT2D eigenvalue weighted by Crippen LogP contribution is 2.20. The molecule has 0 amide bonds. The van der Waals surface area contributed by atoms with E-state index in [1.807, 2.05) is 19.1 Å². The van der Waals surface area contributed by atoms with Crippen LogP contribution < -0.4 is 0 Å². The summed E-state index contributed by atoms with van der Waals surface area (Å²) >= 11 is 0. The monoisotopic (exact) mass is 208 g/mol. The number of hydrogen-bond acceptors (Lipinski definition) is 2. The van der Waals surface area contributed by atoms with Gasteiger partial charge in [-0.05, 0) is 31.4 Å². The van der Waals surface area contributed by atoms with Crippen molar-refractivity contribution in [2.24, 2.45) is 0 Å². The molecule has 2 heteroatoms. The van der Waals surface area contributed by atoms with Crippen molar-refractivity contribution in [1.29, 1.82) is 0 Å². The van der Waals surface area contributed by atoms with Gasteiger partial charge in [0.05, 0.1) is 6.61 Å². The first-order valence-electron chi connectivity index (χ1n) is 5.59. The first-order valence-corrected chi connectivity index (χ1v) is 5.59. The van der Waals surface area contributed by atoms with Gasteiger partial charge in [0.2, 0.25) is 0 Å². The van der Waals surface area contributed by atoms with Crippen LogP contribution in [0.4, 0.5) is 0 Å². The van der Waals surface area contributed by atoms with Gasteiger partial charge in [0.25, 0.3) is 0 Å². The molecule has 15 heavy (non-hydrogen) atoms. The summed E-state index contributed by atoms with van der Waals surface area (Å²) in [5, 5.41) is 0. The number of rotatable bonds is 6. The Bertz CT molecular complexity index is 284. The molecule has 1 aromatic rings. The lowest BCUT2D eigenvalue weighted by molar-refractivity contribution is -0.324. The average molecular weight is 208 g/mol.